The number of carbonyl (C=O) groups excluding carboxylic acids is 1. The molecule has 196 valence electrons. The third-order valence-corrected chi connectivity index (χ3v) is 5.86. The van der Waals surface area contributed by atoms with Gasteiger partial charge in [-0.3, -0.25) is 9.97 Å². The van der Waals surface area contributed by atoms with Gasteiger partial charge in [0.2, 0.25) is 0 Å². The Morgan fingerprint density at radius 2 is 1.41 bits per heavy atom. The zero-order valence-corrected chi connectivity index (χ0v) is 19.4. The highest BCUT2D eigenvalue weighted by Gasteiger charge is 2.37. The molecule has 3 heterocycles. The summed E-state index contributed by atoms with van der Waals surface area (Å²) in [6.07, 6.45) is -2.06. The van der Waals surface area contributed by atoms with Gasteiger partial charge in [-0.25, -0.2) is 9.78 Å². The molecular weight excluding hydrogens is 502 g/mol. The number of benzene rings is 1. The number of nitrogens with zero attached hydrogens (tertiary/aromatic N) is 5. The maximum atomic E-state index is 13.1. The predicted molar refractivity (Wildman–Crippen MR) is 123 cm³/mol. The van der Waals surface area contributed by atoms with Crippen molar-refractivity contribution < 1.29 is 31.1 Å². The van der Waals surface area contributed by atoms with Crippen LogP contribution in [0, 0.1) is 0 Å². The van der Waals surface area contributed by atoms with Crippen LogP contribution in [-0.2, 0) is 25.2 Å². The first kappa shape index (κ1) is 26.2. The van der Waals surface area contributed by atoms with E-state index in [1.807, 2.05) is 17.0 Å². The van der Waals surface area contributed by atoms with E-state index < -0.39 is 35.2 Å². The minimum Gasteiger partial charge on any atom is -0.352 e. The minimum atomic E-state index is -5.00. The van der Waals surface area contributed by atoms with E-state index >= 15 is 0 Å². The summed E-state index contributed by atoms with van der Waals surface area (Å²) in [6, 6.07) is 4.02. The van der Waals surface area contributed by atoms with Crippen molar-refractivity contribution in [3.05, 3.63) is 77.5 Å². The summed E-state index contributed by atoms with van der Waals surface area (Å²) in [5.74, 6) is 0.671. The van der Waals surface area contributed by atoms with E-state index in [9.17, 15) is 31.1 Å². The van der Waals surface area contributed by atoms with Gasteiger partial charge in [-0.05, 0) is 48.7 Å². The van der Waals surface area contributed by atoms with Crippen LogP contribution >= 0.6 is 0 Å². The Kier molecular flexibility index (Phi) is 7.50. The molecule has 0 spiro atoms. The van der Waals surface area contributed by atoms with Crippen molar-refractivity contribution in [2.75, 3.05) is 36.4 Å². The highest BCUT2D eigenvalue weighted by Crippen LogP contribution is 2.37. The zero-order chi connectivity index (χ0) is 26.6. The SMILES string of the molecule is O=C(Nc1cc(C(F)(F)F)cc(C(F)(F)F)c1)N1CCN(c2nccnc2CCc2ccncc2)CC1. The van der Waals surface area contributed by atoms with Gasteiger partial charge in [-0.1, -0.05) is 0 Å². The third-order valence-electron chi connectivity index (χ3n) is 5.86. The molecule has 0 radical (unpaired) electrons. The number of piperazine rings is 1. The second kappa shape index (κ2) is 10.6. The van der Waals surface area contributed by atoms with E-state index in [2.05, 4.69) is 20.3 Å². The summed E-state index contributed by atoms with van der Waals surface area (Å²) in [5.41, 5.74) is -1.70. The first-order chi connectivity index (χ1) is 17.5. The molecule has 1 aliphatic rings. The molecule has 0 bridgehead atoms. The number of nitrogens with one attached hydrogen (secondary N) is 1. The first-order valence-electron chi connectivity index (χ1n) is 11.3. The molecule has 2 aromatic heterocycles. The van der Waals surface area contributed by atoms with Crippen molar-refractivity contribution >= 4 is 17.5 Å². The van der Waals surface area contributed by atoms with Crippen LogP contribution in [0.25, 0.3) is 0 Å². The molecule has 1 N–H and O–H groups in total. The molecule has 0 unspecified atom stereocenters. The van der Waals surface area contributed by atoms with Crippen LogP contribution in [0.2, 0.25) is 0 Å². The second-order valence-corrected chi connectivity index (χ2v) is 8.38. The van der Waals surface area contributed by atoms with Crippen LogP contribution in [0.1, 0.15) is 22.4 Å². The monoisotopic (exact) mass is 524 g/mol. The van der Waals surface area contributed by atoms with E-state index in [1.54, 1.807) is 24.8 Å². The largest absolute Gasteiger partial charge is 0.416 e. The lowest BCUT2D eigenvalue weighted by molar-refractivity contribution is -0.143. The molecule has 1 saturated heterocycles. The number of alkyl halides is 6. The van der Waals surface area contributed by atoms with Crippen molar-refractivity contribution in [3.8, 4) is 0 Å². The molecule has 7 nitrogen and oxygen atoms in total. The fourth-order valence-electron chi connectivity index (χ4n) is 3.96. The molecule has 0 saturated carbocycles. The smallest absolute Gasteiger partial charge is 0.352 e. The van der Waals surface area contributed by atoms with Gasteiger partial charge in [0.15, 0.2) is 0 Å². The van der Waals surface area contributed by atoms with Crippen LogP contribution in [0.15, 0.2) is 55.1 Å². The number of anilines is 2. The van der Waals surface area contributed by atoms with Crippen molar-refractivity contribution in [3.63, 3.8) is 0 Å². The Hall–Kier alpha value is -3.90. The number of hydrogen-bond acceptors (Lipinski definition) is 5. The quantitative estimate of drug-likeness (QED) is 0.473. The summed E-state index contributed by atoms with van der Waals surface area (Å²) in [6.45, 7) is 1.12. The standard InChI is InChI=1S/C24H22F6N6O/c25-23(26,27)17-13-18(24(28,29)30)15-19(14-17)34-22(37)36-11-9-35(10-12-36)21-20(32-7-8-33-21)2-1-16-3-5-31-6-4-16/h3-8,13-15H,1-2,9-12H2,(H,34,37). The van der Waals surface area contributed by atoms with Gasteiger partial charge in [-0.15, -0.1) is 0 Å². The number of pyridine rings is 1. The first-order valence-corrected chi connectivity index (χ1v) is 11.3. The predicted octanol–water partition coefficient (Wildman–Crippen LogP) is 5.05. The second-order valence-electron chi connectivity index (χ2n) is 8.38. The summed E-state index contributed by atoms with van der Waals surface area (Å²) < 4.78 is 78.6. The maximum Gasteiger partial charge on any atom is 0.416 e. The van der Waals surface area contributed by atoms with Crippen LogP contribution in [0.3, 0.4) is 0 Å². The molecule has 0 aliphatic carbocycles. The van der Waals surface area contributed by atoms with E-state index in [-0.39, 0.29) is 19.2 Å². The number of halogens is 6. The molecule has 4 rings (SSSR count). The Morgan fingerprint density at radius 1 is 0.811 bits per heavy atom. The highest BCUT2D eigenvalue weighted by molar-refractivity contribution is 5.89. The third kappa shape index (κ3) is 6.66. The minimum absolute atomic E-state index is 0.0155. The number of urea groups is 1. The van der Waals surface area contributed by atoms with E-state index in [0.29, 0.717) is 37.5 Å². The van der Waals surface area contributed by atoms with Crippen molar-refractivity contribution in [2.24, 2.45) is 0 Å². The van der Waals surface area contributed by atoms with Gasteiger partial charge in [0, 0.05) is 56.7 Å². The van der Waals surface area contributed by atoms with Gasteiger partial charge >= 0.3 is 18.4 Å². The molecule has 3 aromatic rings. The van der Waals surface area contributed by atoms with E-state index in [4.69, 9.17) is 0 Å². The molecule has 2 amide bonds. The lowest BCUT2D eigenvalue weighted by atomic mass is 10.1. The van der Waals surface area contributed by atoms with Crippen LogP contribution in [-0.4, -0.2) is 52.1 Å². The van der Waals surface area contributed by atoms with E-state index in [0.717, 1.165) is 17.7 Å². The molecule has 1 fully saturated rings. The molecule has 1 aromatic carbocycles. The van der Waals surface area contributed by atoms with Crippen LogP contribution in [0.4, 0.5) is 42.6 Å². The molecule has 37 heavy (non-hydrogen) atoms. The Morgan fingerprint density at radius 3 is 2.00 bits per heavy atom. The number of aromatic nitrogens is 3. The normalized spacial score (nSPS) is 14.5. The number of carbonyl (C=O) groups is 1. The maximum absolute atomic E-state index is 13.1. The topological polar surface area (TPSA) is 74.2 Å². The molecule has 0 atom stereocenters. The van der Waals surface area contributed by atoms with Crippen LogP contribution in [0.5, 0.6) is 0 Å². The Balaban J connectivity index is 1.40. The lowest BCUT2D eigenvalue weighted by Crippen LogP contribution is -2.50. The van der Waals surface area contributed by atoms with E-state index in [1.165, 1.54) is 4.90 Å². The van der Waals surface area contributed by atoms with Gasteiger partial charge in [0.1, 0.15) is 5.82 Å². The van der Waals surface area contributed by atoms with Gasteiger partial charge in [0.25, 0.3) is 0 Å². The summed E-state index contributed by atoms with van der Waals surface area (Å²) in [5, 5.41) is 2.18. The average Bonchev–Trinajstić information content (AvgIpc) is 2.87. The van der Waals surface area contributed by atoms with Crippen LogP contribution < -0.4 is 10.2 Å². The summed E-state index contributed by atoms with van der Waals surface area (Å²) in [7, 11) is 0. The Labute approximate surface area is 208 Å². The fraction of sp³-hybridized carbons (Fsp3) is 0.333. The zero-order valence-electron chi connectivity index (χ0n) is 19.4. The summed E-state index contributed by atoms with van der Waals surface area (Å²) in [4.78, 5) is 28.8. The van der Waals surface area contributed by atoms with Gasteiger partial charge in [-0.2, -0.15) is 26.3 Å². The van der Waals surface area contributed by atoms with Crippen molar-refractivity contribution in [1.29, 1.82) is 0 Å². The van der Waals surface area contributed by atoms with Gasteiger partial charge < -0.3 is 15.1 Å². The number of hydrogen-bond donors (Lipinski definition) is 1. The van der Waals surface area contributed by atoms with Crippen molar-refractivity contribution in [2.45, 2.75) is 25.2 Å². The Bertz CT molecular complexity index is 1190. The fourth-order valence-corrected chi connectivity index (χ4v) is 3.96. The average molecular weight is 524 g/mol. The number of rotatable bonds is 5. The van der Waals surface area contributed by atoms with Crippen molar-refractivity contribution in [1.82, 2.24) is 19.9 Å². The lowest BCUT2D eigenvalue weighted by Gasteiger charge is -2.36. The number of amides is 2. The van der Waals surface area contributed by atoms with Gasteiger partial charge in [0.05, 0.1) is 16.8 Å². The highest BCUT2D eigenvalue weighted by atomic mass is 19.4. The summed E-state index contributed by atoms with van der Waals surface area (Å²) >= 11 is 0. The molecule has 13 heteroatoms. The molecular formula is C24H22F6N6O. The number of aryl methyl sites for hydroxylation is 2. The molecule has 1 aliphatic heterocycles.